The minimum absolute atomic E-state index is 0.128. The maximum atomic E-state index is 12.1. The number of halogens is 1. The second-order valence-electron chi connectivity index (χ2n) is 5.67. The van der Waals surface area contributed by atoms with Gasteiger partial charge >= 0.3 is 0 Å². The van der Waals surface area contributed by atoms with E-state index >= 15 is 0 Å². The first-order valence-corrected chi connectivity index (χ1v) is 10.1. The number of hydrazone groups is 1. The number of nitrogens with two attached hydrogens (primary N) is 1. The number of rotatable bonds is 8. The van der Waals surface area contributed by atoms with Gasteiger partial charge in [-0.15, -0.1) is 10.2 Å². The smallest absolute Gasteiger partial charge is 0.264 e. The van der Waals surface area contributed by atoms with E-state index in [1.54, 1.807) is 37.6 Å². The molecular weight excluding hydrogens is 458 g/mol. The van der Waals surface area contributed by atoms with Gasteiger partial charge < -0.3 is 15.9 Å². The van der Waals surface area contributed by atoms with Crippen LogP contribution >= 0.6 is 27.7 Å². The predicted molar refractivity (Wildman–Crippen MR) is 118 cm³/mol. The van der Waals surface area contributed by atoms with Crippen molar-refractivity contribution in [3.05, 3.63) is 58.6 Å². The minimum atomic E-state index is -0.189. The van der Waals surface area contributed by atoms with Crippen LogP contribution in [0.2, 0.25) is 0 Å². The molecule has 1 aromatic heterocycles. The first-order chi connectivity index (χ1) is 14.0. The number of benzene rings is 2. The van der Waals surface area contributed by atoms with Crippen molar-refractivity contribution in [3.8, 4) is 5.75 Å². The number of methoxy groups -OCH3 is 1. The first-order valence-electron chi connectivity index (χ1n) is 8.37. The van der Waals surface area contributed by atoms with Crippen LogP contribution in [0.1, 0.15) is 5.56 Å². The van der Waals surface area contributed by atoms with Gasteiger partial charge in [0.15, 0.2) is 0 Å². The Kier molecular flexibility index (Phi) is 7.09. The van der Waals surface area contributed by atoms with Gasteiger partial charge in [0.05, 0.1) is 19.1 Å². The van der Waals surface area contributed by atoms with Crippen molar-refractivity contribution in [2.24, 2.45) is 5.10 Å². The Morgan fingerprint density at radius 1 is 1.31 bits per heavy atom. The lowest BCUT2D eigenvalue weighted by Gasteiger charge is -2.06. The Hall–Kier alpha value is -3.05. The molecule has 0 aliphatic rings. The average molecular weight is 476 g/mol. The highest BCUT2D eigenvalue weighted by atomic mass is 79.9. The predicted octanol–water partition coefficient (Wildman–Crippen LogP) is 2.94. The number of hydrogen-bond donors (Lipinski definition) is 3. The molecule has 150 valence electrons. The van der Waals surface area contributed by atoms with Crippen LogP contribution in [0.4, 0.5) is 11.6 Å². The third-order valence-electron chi connectivity index (χ3n) is 3.60. The molecule has 0 spiro atoms. The van der Waals surface area contributed by atoms with Crippen LogP contribution < -0.4 is 21.3 Å². The molecule has 3 aromatic rings. The van der Waals surface area contributed by atoms with Gasteiger partial charge in [0.2, 0.25) is 11.1 Å². The zero-order valence-corrected chi connectivity index (χ0v) is 17.8. The quantitative estimate of drug-likeness (QED) is 0.198. The maximum absolute atomic E-state index is 12.1. The number of ether oxygens (including phenoxy) is 1. The van der Waals surface area contributed by atoms with Crippen LogP contribution in [0.5, 0.6) is 5.75 Å². The molecule has 29 heavy (non-hydrogen) atoms. The van der Waals surface area contributed by atoms with Gasteiger partial charge in [-0.2, -0.15) is 5.10 Å². The van der Waals surface area contributed by atoms with Gasteiger partial charge in [-0.05, 0) is 42.0 Å². The summed E-state index contributed by atoms with van der Waals surface area (Å²) in [6.07, 6.45) is 1.63. The molecule has 2 aromatic carbocycles. The van der Waals surface area contributed by atoms with E-state index in [2.05, 4.69) is 42.0 Å². The number of nitrogen functional groups attached to an aromatic ring is 1. The molecule has 9 nitrogen and oxygen atoms in total. The van der Waals surface area contributed by atoms with E-state index in [9.17, 15) is 4.79 Å². The topological polar surface area (TPSA) is 119 Å². The van der Waals surface area contributed by atoms with E-state index in [0.29, 0.717) is 10.8 Å². The summed E-state index contributed by atoms with van der Waals surface area (Å²) >= 11 is 4.56. The first kappa shape index (κ1) is 20.7. The zero-order valence-electron chi connectivity index (χ0n) is 15.4. The summed E-state index contributed by atoms with van der Waals surface area (Å²) in [6, 6.07) is 14.7. The standard InChI is InChI=1S/C18H18BrN7O2S/c1-28-15-7-5-14(6-8-15)22-16(27)11-29-18-25-24-17(26(18)20)23-21-10-12-3-2-4-13(19)9-12/h2-10H,11,20H2,1H3,(H,22,27)(H,23,24)/b21-10+. The molecule has 1 heterocycles. The summed E-state index contributed by atoms with van der Waals surface area (Å²) in [5, 5.41) is 15.2. The van der Waals surface area contributed by atoms with Gasteiger partial charge in [-0.3, -0.25) is 4.79 Å². The maximum Gasteiger partial charge on any atom is 0.264 e. The van der Waals surface area contributed by atoms with Crippen molar-refractivity contribution in [2.75, 3.05) is 29.4 Å². The van der Waals surface area contributed by atoms with E-state index < -0.39 is 0 Å². The largest absolute Gasteiger partial charge is 0.497 e. The lowest BCUT2D eigenvalue weighted by atomic mass is 10.2. The monoisotopic (exact) mass is 475 g/mol. The minimum Gasteiger partial charge on any atom is -0.497 e. The summed E-state index contributed by atoms with van der Waals surface area (Å²) < 4.78 is 7.28. The molecule has 0 fully saturated rings. The van der Waals surface area contributed by atoms with Gasteiger partial charge in [-0.25, -0.2) is 10.1 Å². The summed E-state index contributed by atoms with van der Waals surface area (Å²) in [6.45, 7) is 0. The number of thioether (sulfide) groups is 1. The molecule has 0 unspecified atom stereocenters. The van der Waals surface area contributed by atoms with Crippen LogP contribution in [0, 0.1) is 0 Å². The molecule has 3 rings (SSSR count). The summed E-state index contributed by atoms with van der Waals surface area (Å²) in [4.78, 5) is 12.1. The van der Waals surface area contributed by atoms with Crippen LogP contribution in [0.15, 0.2) is 63.3 Å². The highest BCUT2D eigenvalue weighted by molar-refractivity contribution is 9.10. The summed E-state index contributed by atoms with van der Waals surface area (Å²) in [7, 11) is 1.59. The van der Waals surface area contributed by atoms with E-state index in [1.165, 1.54) is 4.68 Å². The molecule has 4 N–H and O–H groups in total. The highest BCUT2D eigenvalue weighted by Crippen LogP contribution is 2.19. The molecular formula is C18H18BrN7O2S. The molecule has 0 saturated carbocycles. The summed E-state index contributed by atoms with van der Waals surface area (Å²) in [5.74, 6) is 6.87. The SMILES string of the molecule is COc1ccc(NC(=O)CSc2nnc(N/N=C/c3cccc(Br)c3)n2N)cc1. The lowest BCUT2D eigenvalue weighted by Crippen LogP contribution is -2.16. The normalized spacial score (nSPS) is 10.8. The molecule has 11 heteroatoms. The van der Waals surface area contributed by atoms with Gasteiger partial charge in [0.1, 0.15) is 5.75 Å². The Balaban J connectivity index is 1.51. The molecule has 0 aliphatic carbocycles. The average Bonchev–Trinajstić information content (AvgIpc) is 3.07. The number of aromatic nitrogens is 3. The fraction of sp³-hybridized carbons (Fsp3) is 0.111. The highest BCUT2D eigenvalue weighted by Gasteiger charge is 2.12. The number of nitrogens with one attached hydrogen (secondary N) is 2. The van der Waals surface area contributed by atoms with Crippen LogP contribution in [-0.2, 0) is 4.79 Å². The van der Waals surface area contributed by atoms with Crippen molar-refractivity contribution in [1.82, 2.24) is 14.9 Å². The van der Waals surface area contributed by atoms with Crippen molar-refractivity contribution >= 4 is 51.4 Å². The second kappa shape index (κ2) is 9.94. The van der Waals surface area contributed by atoms with Crippen LogP contribution in [-0.4, -0.2) is 39.9 Å². The zero-order chi connectivity index (χ0) is 20.6. The van der Waals surface area contributed by atoms with E-state index in [-0.39, 0.29) is 17.6 Å². The number of anilines is 2. The summed E-state index contributed by atoms with van der Waals surface area (Å²) in [5.41, 5.74) is 4.31. The molecule has 0 aliphatic heterocycles. The Morgan fingerprint density at radius 3 is 2.83 bits per heavy atom. The van der Waals surface area contributed by atoms with Gasteiger partial charge in [-0.1, -0.05) is 39.8 Å². The molecule has 0 bridgehead atoms. The molecule has 0 atom stereocenters. The van der Waals surface area contributed by atoms with Crippen molar-refractivity contribution in [3.63, 3.8) is 0 Å². The fourth-order valence-corrected chi connectivity index (χ4v) is 3.28. The Bertz CT molecular complexity index is 1010. The number of amides is 1. The van der Waals surface area contributed by atoms with Crippen molar-refractivity contribution in [2.45, 2.75) is 5.16 Å². The van der Waals surface area contributed by atoms with E-state index in [1.807, 2.05) is 24.3 Å². The van der Waals surface area contributed by atoms with Crippen molar-refractivity contribution < 1.29 is 9.53 Å². The van der Waals surface area contributed by atoms with E-state index in [0.717, 1.165) is 27.5 Å². The number of hydrogen-bond acceptors (Lipinski definition) is 8. The third-order valence-corrected chi connectivity index (χ3v) is 5.03. The number of nitrogens with zero attached hydrogens (tertiary/aromatic N) is 4. The van der Waals surface area contributed by atoms with Gasteiger partial charge in [0.25, 0.3) is 5.95 Å². The number of carbonyl (C=O) groups is 1. The van der Waals surface area contributed by atoms with Crippen LogP contribution in [0.3, 0.4) is 0 Å². The van der Waals surface area contributed by atoms with Crippen LogP contribution in [0.25, 0.3) is 0 Å². The Labute approximate surface area is 179 Å². The Morgan fingerprint density at radius 2 is 2.10 bits per heavy atom. The second-order valence-corrected chi connectivity index (χ2v) is 7.52. The fourth-order valence-electron chi connectivity index (χ4n) is 2.20. The molecule has 1 amide bonds. The van der Waals surface area contributed by atoms with Crippen molar-refractivity contribution in [1.29, 1.82) is 0 Å². The van der Waals surface area contributed by atoms with Gasteiger partial charge in [0, 0.05) is 10.2 Å². The molecule has 0 saturated heterocycles. The third kappa shape index (κ3) is 5.96. The number of carbonyl (C=O) groups excluding carboxylic acids is 1. The molecule has 0 radical (unpaired) electrons. The lowest BCUT2D eigenvalue weighted by molar-refractivity contribution is -0.113. The van der Waals surface area contributed by atoms with E-state index in [4.69, 9.17) is 10.6 Å².